The minimum absolute atomic E-state index is 0.124. The van der Waals surface area contributed by atoms with Crippen LogP contribution in [0.4, 0.5) is 15.8 Å². The quantitative estimate of drug-likeness (QED) is 0.946. The van der Waals surface area contributed by atoms with Crippen LogP contribution in [-0.4, -0.2) is 18.4 Å². The number of aryl methyl sites for hydroxylation is 1. The van der Waals surface area contributed by atoms with Crippen LogP contribution in [0.2, 0.25) is 0 Å². The van der Waals surface area contributed by atoms with Crippen LogP contribution in [0, 0.1) is 18.7 Å². The van der Waals surface area contributed by atoms with Crippen molar-refractivity contribution in [3.05, 3.63) is 59.9 Å². The molecule has 0 aliphatic carbocycles. The summed E-state index contributed by atoms with van der Waals surface area (Å²) in [7, 11) is 0. The minimum Gasteiger partial charge on any atom is -0.326 e. The van der Waals surface area contributed by atoms with Gasteiger partial charge in [0.2, 0.25) is 11.8 Å². The molecule has 1 heterocycles. The molecule has 2 aromatic rings. The number of amides is 2. The predicted octanol–water partition coefficient (Wildman–Crippen LogP) is 3.13. The van der Waals surface area contributed by atoms with Gasteiger partial charge in [-0.25, -0.2) is 4.39 Å². The maximum Gasteiger partial charge on any atom is 0.229 e. The number of carbonyl (C=O) groups is 2. The molecule has 1 atom stereocenters. The van der Waals surface area contributed by atoms with E-state index in [-0.39, 0.29) is 24.1 Å². The van der Waals surface area contributed by atoms with Gasteiger partial charge >= 0.3 is 0 Å². The summed E-state index contributed by atoms with van der Waals surface area (Å²) in [6.07, 6.45) is 0.162. The van der Waals surface area contributed by atoms with Crippen molar-refractivity contribution in [1.29, 1.82) is 0 Å². The first kappa shape index (κ1) is 15.2. The summed E-state index contributed by atoms with van der Waals surface area (Å²) in [5.74, 6) is -1.06. The Bertz CT molecular complexity index is 726. The fourth-order valence-corrected chi connectivity index (χ4v) is 2.63. The molecule has 1 aliphatic heterocycles. The molecule has 3 rings (SSSR count). The van der Waals surface area contributed by atoms with Crippen molar-refractivity contribution in [3.63, 3.8) is 0 Å². The number of carbonyl (C=O) groups excluding carboxylic acids is 2. The lowest BCUT2D eigenvalue weighted by Gasteiger charge is -2.16. The molecule has 2 amide bonds. The Morgan fingerprint density at radius 3 is 2.43 bits per heavy atom. The van der Waals surface area contributed by atoms with Crippen LogP contribution in [0.25, 0.3) is 0 Å². The second-order valence-electron chi connectivity index (χ2n) is 5.74. The van der Waals surface area contributed by atoms with Gasteiger partial charge in [-0.3, -0.25) is 9.59 Å². The first-order chi connectivity index (χ1) is 11.0. The molecule has 0 spiro atoms. The predicted molar refractivity (Wildman–Crippen MR) is 86.7 cm³/mol. The topological polar surface area (TPSA) is 49.4 Å². The second-order valence-corrected chi connectivity index (χ2v) is 5.74. The van der Waals surface area contributed by atoms with Crippen molar-refractivity contribution < 1.29 is 14.0 Å². The van der Waals surface area contributed by atoms with E-state index in [1.807, 2.05) is 31.2 Å². The molecule has 23 heavy (non-hydrogen) atoms. The highest BCUT2D eigenvalue weighted by molar-refractivity contribution is 6.03. The number of nitrogens with one attached hydrogen (secondary N) is 1. The van der Waals surface area contributed by atoms with Gasteiger partial charge in [-0.15, -0.1) is 0 Å². The third-order valence-electron chi connectivity index (χ3n) is 3.95. The van der Waals surface area contributed by atoms with E-state index in [1.54, 1.807) is 12.1 Å². The molecule has 0 bridgehead atoms. The lowest BCUT2D eigenvalue weighted by molar-refractivity contribution is -0.122. The second kappa shape index (κ2) is 6.20. The van der Waals surface area contributed by atoms with Crippen LogP contribution in [0.15, 0.2) is 48.5 Å². The summed E-state index contributed by atoms with van der Waals surface area (Å²) in [5, 5.41) is 2.83. The van der Waals surface area contributed by atoms with E-state index >= 15 is 0 Å². The molecule has 1 fully saturated rings. The van der Waals surface area contributed by atoms with Crippen LogP contribution in [0.3, 0.4) is 0 Å². The highest BCUT2D eigenvalue weighted by Gasteiger charge is 2.35. The van der Waals surface area contributed by atoms with Gasteiger partial charge in [0.1, 0.15) is 5.82 Å². The highest BCUT2D eigenvalue weighted by atomic mass is 19.1. The fourth-order valence-electron chi connectivity index (χ4n) is 2.63. The van der Waals surface area contributed by atoms with Gasteiger partial charge in [0.25, 0.3) is 0 Å². The van der Waals surface area contributed by atoms with Crippen molar-refractivity contribution >= 4 is 23.2 Å². The zero-order valence-corrected chi connectivity index (χ0v) is 12.8. The van der Waals surface area contributed by atoms with Crippen molar-refractivity contribution in [2.24, 2.45) is 5.92 Å². The molecule has 0 radical (unpaired) electrons. The average molecular weight is 312 g/mol. The van der Waals surface area contributed by atoms with Crippen LogP contribution in [0.1, 0.15) is 12.0 Å². The lowest BCUT2D eigenvalue weighted by Crippen LogP contribution is -2.28. The molecule has 1 saturated heterocycles. The molecule has 1 aliphatic rings. The number of halogens is 1. The number of anilines is 2. The first-order valence-corrected chi connectivity index (χ1v) is 7.46. The van der Waals surface area contributed by atoms with Crippen LogP contribution >= 0.6 is 0 Å². The van der Waals surface area contributed by atoms with Crippen LogP contribution in [0.5, 0.6) is 0 Å². The Morgan fingerprint density at radius 1 is 1.13 bits per heavy atom. The summed E-state index contributed by atoms with van der Waals surface area (Å²) in [6.45, 7) is 2.28. The molecule has 0 aromatic heterocycles. The molecule has 1 unspecified atom stereocenters. The molecule has 2 aromatic carbocycles. The van der Waals surface area contributed by atoms with E-state index in [4.69, 9.17) is 0 Å². The zero-order valence-electron chi connectivity index (χ0n) is 12.8. The molecule has 0 saturated carbocycles. The largest absolute Gasteiger partial charge is 0.326 e. The Labute approximate surface area is 133 Å². The zero-order chi connectivity index (χ0) is 16.4. The number of rotatable bonds is 3. The third-order valence-corrected chi connectivity index (χ3v) is 3.95. The van der Waals surface area contributed by atoms with Crippen molar-refractivity contribution in [2.75, 3.05) is 16.8 Å². The third kappa shape index (κ3) is 3.39. The average Bonchev–Trinajstić information content (AvgIpc) is 2.92. The molecular formula is C18H17FN2O2. The Hall–Kier alpha value is -2.69. The van der Waals surface area contributed by atoms with Crippen molar-refractivity contribution in [1.82, 2.24) is 0 Å². The SMILES string of the molecule is Cc1ccc(NC(=O)C2CC(=O)N(c3ccc(F)cc3)C2)cc1. The van der Waals surface area contributed by atoms with E-state index in [1.165, 1.54) is 17.0 Å². The normalized spacial score (nSPS) is 17.4. The summed E-state index contributed by atoms with van der Waals surface area (Å²) < 4.78 is 13.0. The van der Waals surface area contributed by atoms with Crippen molar-refractivity contribution in [2.45, 2.75) is 13.3 Å². The smallest absolute Gasteiger partial charge is 0.229 e. The van der Waals surface area contributed by atoms with E-state index in [2.05, 4.69) is 5.32 Å². The summed E-state index contributed by atoms with van der Waals surface area (Å²) >= 11 is 0. The minimum atomic E-state index is -0.408. The maximum absolute atomic E-state index is 13.0. The molecular weight excluding hydrogens is 295 g/mol. The summed E-state index contributed by atoms with van der Waals surface area (Å²) in [4.78, 5) is 26.0. The molecule has 118 valence electrons. The standard InChI is InChI=1S/C18H17FN2O2/c1-12-2-6-15(7-3-12)20-18(23)13-10-17(22)21(11-13)16-8-4-14(19)5-9-16/h2-9,13H,10-11H2,1H3,(H,20,23). The Kier molecular flexibility index (Phi) is 4.10. The summed E-state index contributed by atoms with van der Waals surface area (Å²) in [5.41, 5.74) is 2.44. The van der Waals surface area contributed by atoms with Gasteiger partial charge in [-0.2, -0.15) is 0 Å². The van der Waals surface area contributed by atoms with Gasteiger partial charge in [0, 0.05) is 24.3 Å². The molecule has 4 nitrogen and oxygen atoms in total. The van der Waals surface area contributed by atoms with E-state index in [9.17, 15) is 14.0 Å². The Morgan fingerprint density at radius 2 is 1.78 bits per heavy atom. The maximum atomic E-state index is 13.0. The number of hydrogen-bond acceptors (Lipinski definition) is 2. The van der Waals surface area contributed by atoms with Crippen molar-refractivity contribution in [3.8, 4) is 0 Å². The van der Waals surface area contributed by atoms with Crippen LogP contribution < -0.4 is 10.2 Å². The first-order valence-electron chi connectivity index (χ1n) is 7.46. The molecule has 1 N–H and O–H groups in total. The lowest BCUT2D eigenvalue weighted by atomic mass is 10.1. The van der Waals surface area contributed by atoms with Gasteiger partial charge in [0.05, 0.1) is 5.92 Å². The van der Waals surface area contributed by atoms with E-state index in [0.717, 1.165) is 5.56 Å². The number of benzene rings is 2. The summed E-state index contributed by atoms with van der Waals surface area (Å²) in [6, 6.07) is 13.2. The van der Waals surface area contributed by atoms with Gasteiger partial charge < -0.3 is 10.2 Å². The van der Waals surface area contributed by atoms with Gasteiger partial charge in [0.15, 0.2) is 0 Å². The van der Waals surface area contributed by atoms with Gasteiger partial charge in [-0.05, 0) is 43.3 Å². The monoisotopic (exact) mass is 312 g/mol. The van der Waals surface area contributed by atoms with Gasteiger partial charge in [-0.1, -0.05) is 17.7 Å². The van der Waals surface area contributed by atoms with E-state index < -0.39 is 5.92 Å². The van der Waals surface area contributed by atoms with E-state index in [0.29, 0.717) is 17.9 Å². The fraction of sp³-hybridized carbons (Fsp3) is 0.222. The highest BCUT2D eigenvalue weighted by Crippen LogP contribution is 2.26. The molecule has 5 heteroatoms. The number of nitrogens with zero attached hydrogens (tertiary/aromatic N) is 1. The Balaban J connectivity index is 1.68. The van der Waals surface area contributed by atoms with Crippen LogP contribution in [-0.2, 0) is 9.59 Å². The number of hydrogen-bond donors (Lipinski definition) is 1.